The van der Waals surface area contributed by atoms with Gasteiger partial charge in [0.1, 0.15) is 11.4 Å². The van der Waals surface area contributed by atoms with E-state index in [9.17, 15) is 14.0 Å². The van der Waals surface area contributed by atoms with Gasteiger partial charge in [0.2, 0.25) is 0 Å². The number of amides is 1. The monoisotopic (exact) mass is 449 g/mol. The summed E-state index contributed by atoms with van der Waals surface area (Å²) in [4.78, 5) is 26.8. The van der Waals surface area contributed by atoms with Crippen molar-refractivity contribution in [3.8, 4) is 0 Å². The molecule has 0 aliphatic carbocycles. The highest BCUT2D eigenvalue weighted by Gasteiger charge is 2.27. The first kappa shape index (κ1) is 22.1. The zero-order valence-electron chi connectivity index (χ0n) is 16.5. The third-order valence-corrected chi connectivity index (χ3v) is 4.72. The number of rotatable bonds is 6. The lowest BCUT2D eigenvalue weighted by Crippen LogP contribution is -2.39. The first-order valence-electron chi connectivity index (χ1n) is 9.10. The highest BCUT2D eigenvalue weighted by molar-refractivity contribution is 9.10. The predicted molar refractivity (Wildman–Crippen MR) is 111 cm³/mol. The summed E-state index contributed by atoms with van der Waals surface area (Å²) >= 11 is 3.40. The molecule has 0 heterocycles. The van der Waals surface area contributed by atoms with Gasteiger partial charge in [-0.3, -0.25) is 4.79 Å². The smallest absolute Gasteiger partial charge is 0.410 e. The molecule has 0 bridgehead atoms. The minimum atomic E-state index is -0.643. The molecule has 0 radical (unpaired) electrons. The molecule has 0 aliphatic heterocycles. The van der Waals surface area contributed by atoms with Crippen molar-refractivity contribution in [1.82, 2.24) is 4.90 Å². The van der Waals surface area contributed by atoms with Crippen LogP contribution in [0.2, 0.25) is 0 Å². The number of hydrogen-bond acceptors (Lipinski definition) is 3. The molecule has 2 aromatic rings. The highest BCUT2D eigenvalue weighted by Crippen LogP contribution is 2.25. The Balaban J connectivity index is 2.17. The van der Waals surface area contributed by atoms with Crippen LogP contribution in [0.3, 0.4) is 0 Å². The Kier molecular flexibility index (Phi) is 7.35. The predicted octanol–water partition coefficient (Wildman–Crippen LogP) is 6.16. The minimum Gasteiger partial charge on any atom is -0.444 e. The fraction of sp³-hybridized carbons (Fsp3) is 0.364. The van der Waals surface area contributed by atoms with Gasteiger partial charge in [0.05, 0.1) is 6.04 Å². The van der Waals surface area contributed by atoms with Crippen LogP contribution in [0.15, 0.2) is 53.0 Å². The lowest BCUT2D eigenvalue weighted by Gasteiger charge is -2.32. The van der Waals surface area contributed by atoms with Gasteiger partial charge in [-0.25, -0.2) is 9.18 Å². The van der Waals surface area contributed by atoms with E-state index in [2.05, 4.69) is 15.9 Å². The van der Waals surface area contributed by atoms with Crippen molar-refractivity contribution in [2.75, 3.05) is 6.54 Å². The second kappa shape index (κ2) is 9.32. The molecule has 6 heteroatoms. The molecule has 2 aromatic carbocycles. The molecule has 150 valence electrons. The number of carbonyl (C=O) groups excluding carboxylic acids is 2. The van der Waals surface area contributed by atoms with E-state index in [0.717, 1.165) is 10.0 Å². The van der Waals surface area contributed by atoms with Crippen LogP contribution < -0.4 is 0 Å². The van der Waals surface area contributed by atoms with Gasteiger partial charge in [0.15, 0.2) is 5.78 Å². The number of nitrogens with zero attached hydrogens (tertiary/aromatic N) is 1. The summed E-state index contributed by atoms with van der Waals surface area (Å²) in [6, 6.07) is 12.8. The molecule has 0 unspecified atom stereocenters. The largest absolute Gasteiger partial charge is 0.444 e. The Morgan fingerprint density at radius 3 is 2.18 bits per heavy atom. The lowest BCUT2D eigenvalue weighted by molar-refractivity contribution is 0.0173. The van der Waals surface area contributed by atoms with E-state index >= 15 is 0 Å². The Bertz CT molecular complexity index is 813. The number of ketones is 1. The zero-order valence-corrected chi connectivity index (χ0v) is 18.1. The van der Waals surface area contributed by atoms with E-state index in [1.807, 2.05) is 31.2 Å². The SMILES string of the molecule is C[C@@H](c1ccc(Br)cc1)N(CCC(=O)c1ccc(F)cc1)C(=O)OC(C)(C)C. The van der Waals surface area contributed by atoms with Gasteiger partial charge in [-0.15, -0.1) is 0 Å². The van der Waals surface area contributed by atoms with Gasteiger partial charge in [-0.1, -0.05) is 28.1 Å². The molecule has 0 fully saturated rings. The molecule has 0 saturated carbocycles. The third kappa shape index (κ3) is 6.44. The summed E-state index contributed by atoms with van der Waals surface area (Å²) in [5.74, 6) is -0.549. The van der Waals surface area contributed by atoms with Gasteiger partial charge >= 0.3 is 6.09 Å². The third-order valence-electron chi connectivity index (χ3n) is 4.19. The molecule has 0 spiro atoms. The Morgan fingerprint density at radius 2 is 1.64 bits per heavy atom. The molecule has 0 aliphatic rings. The van der Waals surface area contributed by atoms with E-state index in [-0.39, 0.29) is 24.8 Å². The molecule has 0 aromatic heterocycles. The Labute approximate surface area is 173 Å². The summed E-state index contributed by atoms with van der Waals surface area (Å²) < 4.78 is 19.5. The van der Waals surface area contributed by atoms with Crippen molar-refractivity contribution in [2.24, 2.45) is 0 Å². The van der Waals surface area contributed by atoms with Crippen molar-refractivity contribution in [1.29, 1.82) is 0 Å². The van der Waals surface area contributed by atoms with E-state index in [4.69, 9.17) is 4.74 Å². The zero-order chi connectivity index (χ0) is 20.9. The van der Waals surface area contributed by atoms with E-state index in [0.29, 0.717) is 5.56 Å². The Hall–Kier alpha value is -2.21. The summed E-state index contributed by atoms with van der Waals surface area (Å²) in [6.07, 6.45) is -0.360. The molecule has 0 saturated heterocycles. The average Bonchev–Trinajstić information content (AvgIpc) is 2.61. The van der Waals surface area contributed by atoms with Crippen molar-refractivity contribution in [2.45, 2.75) is 45.8 Å². The first-order chi connectivity index (χ1) is 13.1. The van der Waals surface area contributed by atoms with E-state index < -0.39 is 17.5 Å². The van der Waals surface area contributed by atoms with Crippen LogP contribution in [0, 0.1) is 5.82 Å². The van der Waals surface area contributed by atoms with Gasteiger partial charge in [-0.05, 0) is 69.7 Å². The molecular formula is C22H25BrFNO3. The maximum Gasteiger partial charge on any atom is 0.410 e. The quantitative estimate of drug-likeness (QED) is 0.496. The average molecular weight is 450 g/mol. The topological polar surface area (TPSA) is 46.6 Å². The number of hydrogen-bond donors (Lipinski definition) is 0. The number of Topliss-reactive ketones (excluding diaryl/α,β-unsaturated/α-hetero) is 1. The Morgan fingerprint density at radius 1 is 1.07 bits per heavy atom. The maximum atomic E-state index is 13.1. The van der Waals surface area contributed by atoms with Crippen LogP contribution in [-0.4, -0.2) is 28.9 Å². The summed E-state index contributed by atoms with van der Waals surface area (Å²) in [6.45, 7) is 7.50. The van der Waals surface area contributed by atoms with Crippen LogP contribution in [0.5, 0.6) is 0 Å². The lowest BCUT2D eigenvalue weighted by atomic mass is 10.1. The normalized spacial score (nSPS) is 12.4. The minimum absolute atomic E-state index is 0.117. The van der Waals surface area contributed by atoms with Gasteiger partial charge in [-0.2, -0.15) is 0 Å². The number of benzene rings is 2. The summed E-state index contributed by atoms with van der Waals surface area (Å²) in [5, 5.41) is 0. The number of halogens is 2. The molecule has 4 nitrogen and oxygen atoms in total. The first-order valence-corrected chi connectivity index (χ1v) is 9.90. The number of carbonyl (C=O) groups is 2. The van der Waals surface area contributed by atoms with Gasteiger partial charge in [0, 0.05) is 23.0 Å². The van der Waals surface area contributed by atoms with E-state index in [1.165, 1.54) is 24.3 Å². The fourth-order valence-electron chi connectivity index (χ4n) is 2.69. The highest BCUT2D eigenvalue weighted by atomic mass is 79.9. The molecule has 28 heavy (non-hydrogen) atoms. The fourth-order valence-corrected chi connectivity index (χ4v) is 2.95. The molecular weight excluding hydrogens is 425 g/mol. The van der Waals surface area contributed by atoms with Crippen LogP contribution in [-0.2, 0) is 4.74 Å². The van der Waals surface area contributed by atoms with Crippen LogP contribution in [0.1, 0.15) is 56.1 Å². The number of ether oxygens (including phenoxy) is 1. The van der Waals surface area contributed by atoms with Crippen LogP contribution in [0.4, 0.5) is 9.18 Å². The van der Waals surface area contributed by atoms with Gasteiger partial charge in [0.25, 0.3) is 0 Å². The summed E-state index contributed by atoms with van der Waals surface area (Å²) in [7, 11) is 0. The van der Waals surface area contributed by atoms with Gasteiger partial charge < -0.3 is 9.64 Å². The molecule has 1 atom stereocenters. The van der Waals surface area contributed by atoms with Crippen molar-refractivity contribution < 1.29 is 18.7 Å². The van der Waals surface area contributed by atoms with Crippen LogP contribution in [0.25, 0.3) is 0 Å². The molecule has 2 rings (SSSR count). The second-order valence-corrected chi connectivity index (χ2v) is 8.50. The summed E-state index contributed by atoms with van der Waals surface area (Å²) in [5.41, 5.74) is 0.709. The standard InChI is InChI=1S/C22H25BrFNO3/c1-15(16-5-9-18(23)10-6-16)25(21(27)28-22(2,3)4)14-13-20(26)17-7-11-19(24)12-8-17/h5-12,15H,13-14H2,1-4H3/t15-/m0/s1. The molecule has 0 N–H and O–H groups in total. The maximum absolute atomic E-state index is 13.1. The van der Waals surface area contributed by atoms with Crippen molar-refractivity contribution >= 4 is 27.8 Å². The van der Waals surface area contributed by atoms with Crippen LogP contribution >= 0.6 is 15.9 Å². The van der Waals surface area contributed by atoms with Crippen molar-refractivity contribution in [3.05, 3.63) is 69.9 Å². The second-order valence-electron chi connectivity index (χ2n) is 7.58. The van der Waals surface area contributed by atoms with Crippen molar-refractivity contribution in [3.63, 3.8) is 0 Å². The van der Waals surface area contributed by atoms with E-state index in [1.54, 1.807) is 25.7 Å². The molecule has 1 amide bonds.